The minimum atomic E-state index is 0.389. The van der Waals surface area contributed by atoms with Crippen molar-refractivity contribution in [3.63, 3.8) is 0 Å². The van der Waals surface area contributed by atoms with Crippen LogP contribution in [0.4, 0.5) is 0 Å². The minimum absolute atomic E-state index is 0.389. The van der Waals surface area contributed by atoms with Crippen molar-refractivity contribution in [3.8, 4) is 0 Å². The molecule has 114 valence electrons. The van der Waals surface area contributed by atoms with Crippen LogP contribution in [-0.2, 0) is 14.2 Å². The molecule has 3 nitrogen and oxygen atoms in total. The molecule has 2 aliphatic rings. The SMILES string of the molecule is CC(C)(C)C1CO1.CC(C)(C)CCCOCC1CO1. The lowest BCUT2D eigenvalue weighted by molar-refractivity contribution is 0.107. The van der Waals surface area contributed by atoms with Gasteiger partial charge in [0.2, 0.25) is 0 Å². The Labute approximate surface area is 119 Å². The first-order chi connectivity index (χ1) is 8.68. The van der Waals surface area contributed by atoms with Crippen molar-refractivity contribution in [2.24, 2.45) is 10.8 Å². The van der Waals surface area contributed by atoms with Gasteiger partial charge in [0.05, 0.1) is 25.9 Å². The lowest BCUT2D eigenvalue weighted by Crippen LogP contribution is -2.12. The number of hydrogen-bond donors (Lipinski definition) is 0. The standard InChI is InChI=1S/C10H20O2.C6H12O/c1-10(2,3)5-4-6-11-7-9-8-12-9;1-6(2,3)5-4-7-5/h9H,4-8H2,1-3H3;5H,4H2,1-3H3. The third-order valence-corrected chi connectivity index (χ3v) is 3.22. The number of ether oxygens (including phenoxy) is 3. The summed E-state index contributed by atoms with van der Waals surface area (Å²) in [7, 11) is 0. The summed E-state index contributed by atoms with van der Waals surface area (Å²) in [5, 5.41) is 0. The smallest absolute Gasteiger partial charge is 0.104 e. The Balaban J connectivity index is 0.000000218. The molecule has 0 aliphatic carbocycles. The normalized spacial score (nSPS) is 25.6. The van der Waals surface area contributed by atoms with Crippen molar-refractivity contribution in [1.29, 1.82) is 0 Å². The van der Waals surface area contributed by atoms with E-state index in [0.29, 0.717) is 23.0 Å². The van der Waals surface area contributed by atoms with Crippen molar-refractivity contribution < 1.29 is 14.2 Å². The molecule has 0 amide bonds. The highest BCUT2D eigenvalue weighted by molar-refractivity contribution is 4.82. The molecule has 0 aromatic rings. The molecule has 0 N–H and O–H groups in total. The van der Waals surface area contributed by atoms with Gasteiger partial charge in [0.25, 0.3) is 0 Å². The van der Waals surface area contributed by atoms with Crippen molar-refractivity contribution in [3.05, 3.63) is 0 Å². The lowest BCUT2D eigenvalue weighted by Gasteiger charge is -2.17. The van der Waals surface area contributed by atoms with E-state index in [0.717, 1.165) is 32.8 Å². The number of hydrogen-bond acceptors (Lipinski definition) is 3. The molecule has 0 aromatic heterocycles. The Kier molecular flexibility index (Phi) is 6.28. The highest BCUT2D eigenvalue weighted by Gasteiger charge is 2.35. The van der Waals surface area contributed by atoms with Crippen LogP contribution in [0.2, 0.25) is 0 Å². The predicted molar refractivity (Wildman–Crippen MR) is 78.4 cm³/mol. The Hall–Kier alpha value is -0.120. The van der Waals surface area contributed by atoms with Gasteiger partial charge >= 0.3 is 0 Å². The minimum Gasteiger partial charge on any atom is -0.379 e. The van der Waals surface area contributed by atoms with Gasteiger partial charge in [-0.2, -0.15) is 0 Å². The second-order valence-corrected chi connectivity index (χ2v) is 7.88. The average molecular weight is 272 g/mol. The van der Waals surface area contributed by atoms with Gasteiger partial charge in [-0.15, -0.1) is 0 Å². The van der Waals surface area contributed by atoms with Gasteiger partial charge in [0.15, 0.2) is 0 Å². The zero-order valence-corrected chi connectivity index (χ0v) is 13.6. The van der Waals surface area contributed by atoms with Crippen LogP contribution in [0.25, 0.3) is 0 Å². The second kappa shape index (κ2) is 7.05. The Morgan fingerprint density at radius 3 is 1.89 bits per heavy atom. The van der Waals surface area contributed by atoms with Crippen LogP contribution in [0.15, 0.2) is 0 Å². The monoisotopic (exact) mass is 272 g/mol. The van der Waals surface area contributed by atoms with Crippen LogP contribution in [0.5, 0.6) is 0 Å². The van der Waals surface area contributed by atoms with Gasteiger partial charge < -0.3 is 14.2 Å². The summed E-state index contributed by atoms with van der Waals surface area (Å²) in [5.74, 6) is 0. The Bertz CT molecular complexity index is 242. The summed E-state index contributed by atoms with van der Waals surface area (Å²) in [6.45, 7) is 16.9. The van der Waals surface area contributed by atoms with Crippen LogP contribution in [0.3, 0.4) is 0 Å². The first-order valence-corrected chi connectivity index (χ1v) is 7.49. The van der Waals surface area contributed by atoms with Crippen molar-refractivity contribution in [2.75, 3.05) is 26.4 Å². The first-order valence-electron chi connectivity index (χ1n) is 7.49. The number of epoxide rings is 2. The molecule has 2 heterocycles. The molecular weight excluding hydrogens is 240 g/mol. The van der Waals surface area contributed by atoms with E-state index in [1.807, 2.05) is 0 Å². The van der Waals surface area contributed by atoms with Crippen LogP contribution < -0.4 is 0 Å². The lowest BCUT2D eigenvalue weighted by atomic mass is 9.91. The predicted octanol–water partition coefficient (Wildman–Crippen LogP) is 3.66. The third-order valence-electron chi connectivity index (χ3n) is 3.22. The molecule has 19 heavy (non-hydrogen) atoms. The quantitative estimate of drug-likeness (QED) is 0.566. The van der Waals surface area contributed by atoms with E-state index >= 15 is 0 Å². The van der Waals surface area contributed by atoms with Crippen LogP contribution in [-0.4, -0.2) is 38.6 Å². The van der Waals surface area contributed by atoms with Gasteiger partial charge in [-0.05, 0) is 23.7 Å². The van der Waals surface area contributed by atoms with E-state index in [4.69, 9.17) is 14.2 Å². The molecule has 2 aliphatic heterocycles. The molecule has 0 saturated carbocycles. The summed E-state index contributed by atoms with van der Waals surface area (Å²) in [5.41, 5.74) is 0.833. The third kappa shape index (κ3) is 10.3. The first kappa shape index (κ1) is 16.9. The maximum atomic E-state index is 5.43. The van der Waals surface area contributed by atoms with E-state index in [9.17, 15) is 0 Å². The highest BCUT2D eigenvalue weighted by Crippen LogP contribution is 2.30. The van der Waals surface area contributed by atoms with Crippen molar-refractivity contribution in [1.82, 2.24) is 0 Å². The van der Waals surface area contributed by atoms with E-state index in [-0.39, 0.29) is 0 Å². The molecule has 0 bridgehead atoms. The van der Waals surface area contributed by atoms with Crippen molar-refractivity contribution >= 4 is 0 Å². The topological polar surface area (TPSA) is 34.3 Å². The molecule has 2 atom stereocenters. The molecule has 3 heteroatoms. The maximum Gasteiger partial charge on any atom is 0.104 e. The summed E-state index contributed by atoms with van der Waals surface area (Å²) in [4.78, 5) is 0. The van der Waals surface area contributed by atoms with Gasteiger partial charge in [0, 0.05) is 6.61 Å². The molecule has 2 unspecified atom stereocenters. The van der Waals surface area contributed by atoms with Crippen LogP contribution >= 0.6 is 0 Å². The molecular formula is C16H32O3. The van der Waals surface area contributed by atoms with E-state index < -0.39 is 0 Å². The van der Waals surface area contributed by atoms with Crippen LogP contribution in [0, 0.1) is 10.8 Å². The summed E-state index contributed by atoms with van der Waals surface area (Å²) in [6.07, 6.45) is 3.36. The van der Waals surface area contributed by atoms with Crippen molar-refractivity contribution in [2.45, 2.75) is 66.6 Å². The summed E-state index contributed by atoms with van der Waals surface area (Å²) >= 11 is 0. The molecule has 2 rings (SSSR count). The fourth-order valence-electron chi connectivity index (χ4n) is 1.63. The molecule has 2 fully saturated rings. The highest BCUT2D eigenvalue weighted by atomic mass is 16.6. The zero-order valence-electron chi connectivity index (χ0n) is 13.6. The Morgan fingerprint density at radius 1 is 1.00 bits per heavy atom. The van der Waals surface area contributed by atoms with Gasteiger partial charge in [0.1, 0.15) is 6.10 Å². The fourth-order valence-corrected chi connectivity index (χ4v) is 1.63. The van der Waals surface area contributed by atoms with Crippen LogP contribution in [0.1, 0.15) is 54.4 Å². The Morgan fingerprint density at radius 2 is 1.58 bits per heavy atom. The molecule has 0 aromatic carbocycles. The zero-order chi connectivity index (χ0) is 14.5. The summed E-state index contributed by atoms with van der Waals surface area (Å²) in [6, 6.07) is 0. The van der Waals surface area contributed by atoms with Gasteiger partial charge in [-0.25, -0.2) is 0 Å². The number of rotatable bonds is 5. The van der Waals surface area contributed by atoms with Gasteiger partial charge in [-0.3, -0.25) is 0 Å². The molecule has 2 saturated heterocycles. The fraction of sp³-hybridized carbons (Fsp3) is 1.00. The largest absolute Gasteiger partial charge is 0.379 e. The van der Waals surface area contributed by atoms with E-state index in [1.54, 1.807) is 0 Å². The van der Waals surface area contributed by atoms with Gasteiger partial charge in [-0.1, -0.05) is 41.5 Å². The van der Waals surface area contributed by atoms with E-state index in [1.165, 1.54) is 6.42 Å². The summed E-state index contributed by atoms with van der Waals surface area (Å²) < 4.78 is 15.5. The molecule has 0 radical (unpaired) electrons. The van der Waals surface area contributed by atoms with E-state index in [2.05, 4.69) is 41.5 Å². The average Bonchev–Trinajstić information content (AvgIpc) is 3.10. The second-order valence-electron chi connectivity index (χ2n) is 7.88. The maximum absolute atomic E-state index is 5.43. The molecule has 0 spiro atoms.